The van der Waals surface area contributed by atoms with E-state index in [-0.39, 0.29) is 29.2 Å². The highest BCUT2D eigenvalue weighted by atomic mass is 32.2. The monoisotopic (exact) mass is 392 g/mol. The number of carbonyl (C=O) groups is 1. The van der Waals surface area contributed by atoms with Gasteiger partial charge in [-0.3, -0.25) is 9.48 Å². The molecule has 0 saturated carbocycles. The molecule has 1 amide bonds. The Bertz CT molecular complexity index is 823. The van der Waals surface area contributed by atoms with Crippen molar-refractivity contribution < 1.29 is 13.2 Å². The second-order valence-corrected chi connectivity index (χ2v) is 9.16. The van der Waals surface area contributed by atoms with Gasteiger partial charge in [0.25, 0.3) is 0 Å². The molecule has 27 heavy (non-hydrogen) atoms. The van der Waals surface area contributed by atoms with Crippen molar-refractivity contribution in [2.24, 2.45) is 0 Å². The van der Waals surface area contributed by atoms with Crippen LogP contribution in [-0.4, -0.2) is 37.2 Å². The average molecular weight is 393 g/mol. The maximum Gasteiger partial charge on any atom is 0.240 e. The van der Waals surface area contributed by atoms with Gasteiger partial charge in [-0.2, -0.15) is 5.10 Å². The summed E-state index contributed by atoms with van der Waals surface area (Å²) in [5, 5.41) is 6.86. The van der Waals surface area contributed by atoms with E-state index in [0.717, 1.165) is 18.5 Å². The number of aryl methyl sites for hydroxylation is 1. The van der Waals surface area contributed by atoms with Gasteiger partial charge in [-0.15, -0.1) is 0 Å². The first-order chi connectivity index (χ1) is 12.7. The lowest BCUT2D eigenvalue weighted by molar-refractivity contribution is -0.120. The van der Waals surface area contributed by atoms with E-state index >= 15 is 0 Å². The fourth-order valence-corrected chi connectivity index (χ4v) is 3.54. The molecule has 0 aliphatic heterocycles. The van der Waals surface area contributed by atoms with Gasteiger partial charge in [-0.1, -0.05) is 32.9 Å². The zero-order chi connectivity index (χ0) is 19.9. The summed E-state index contributed by atoms with van der Waals surface area (Å²) in [4.78, 5) is 12.0. The van der Waals surface area contributed by atoms with Gasteiger partial charge < -0.3 is 5.32 Å². The third-order valence-corrected chi connectivity index (χ3v) is 5.60. The zero-order valence-electron chi connectivity index (χ0n) is 16.1. The Morgan fingerprint density at radius 2 is 1.85 bits per heavy atom. The van der Waals surface area contributed by atoms with Crippen molar-refractivity contribution in [1.82, 2.24) is 19.8 Å². The highest BCUT2D eigenvalue weighted by Gasteiger charge is 2.17. The Morgan fingerprint density at radius 1 is 1.15 bits per heavy atom. The summed E-state index contributed by atoms with van der Waals surface area (Å²) < 4.78 is 28.9. The molecule has 0 saturated heterocycles. The lowest BCUT2D eigenvalue weighted by Crippen LogP contribution is -2.31. The van der Waals surface area contributed by atoms with Crippen molar-refractivity contribution in [1.29, 1.82) is 0 Å². The molecule has 0 aliphatic rings. The Labute approximate surface area is 161 Å². The van der Waals surface area contributed by atoms with Crippen LogP contribution in [0.1, 0.15) is 39.2 Å². The second kappa shape index (κ2) is 9.14. The molecule has 2 rings (SSSR count). The van der Waals surface area contributed by atoms with Crippen molar-refractivity contribution >= 4 is 15.9 Å². The fourth-order valence-electron chi connectivity index (χ4n) is 2.51. The van der Waals surface area contributed by atoms with Crippen molar-refractivity contribution in [3.8, 4) is 0 Å². The predicted octanol–water partition coefficient (Wildman–Crippen LogP) is 2.06. The number of aromatic nitrogens is 2. The Kier molecular flexibility index (Phi) is 7.15. The predicted molar refractivity (Wildman–Crippen MR) is 105 cm³/mol. The van der Waals surface area contributed by atoms with Gasteiger partial charge in [0, 0.05) is 38.4 Å². The Hall–Kier alpha value is -2.19. The molecule has 2 aromatic rings. The molecule has 0 radical (unpaired) electrons. The van der Waals surface area contributed by atoms with Gasteiger partial charge in [-0.05, 0) is 35.6 Å². The number of nitrogens with one attached hydrogen (secondary N) is 2. The van der Waals surface area contributed by atoms with E-state index < -0.39 is 10.0 Å². The van der Waals surface area contributed by atoms with Gasteiger partial charge in [0.05, 0.1) is 4.90 Å². The summed E-state index contributed by atoms with van der Waals surface area (Å²) in [6, 6.07) is 8.68. The van der Waals surface area contributed by atoms with E-state index in [4.69, 9.17) is 0 Å². The molecule has 0 aliphatic carbocycles. The third kappa shape index (κ3) is 6.80. The molecule has 0 spiro atoms. The van der Waals surface area contributed by atoms with E-state index in [1.807, 2.05) is 24.4 Å². The summed E-state index contributed by atoms with van der Waals surface area (Å²) >= 11 is 0. The van der Waals surface area contributed by atoms with Crippen LogP contribution in [0.15, 0.2) is 47.6 Å². The topological polar surface area (TPSA) is 93.1 Å². The summed E-state index contributed by atoms with van der Waals surface area (Å²) in [6.45, 7) is 7.53. The maximum atomic E-state index is 12.3. The molecule has 0 fully saturated rings. The molecular weight excluding hydrogens is 364 g/mol. The lowest BCUT2D eigenvalue weighted by atomic mass is 9.87. The molecule has 0 unspecified atom stereocenters. The van der Waals surface area contributed by atoms with Crippen molar-refractivity contribution in [2.45, 2.75) is 50.5 Å². The Morgan fingerprint density at radius 3 is 2.44 bits per heavy atom. The van der Waals surface area contributed by atoms with Crippen LogP contribution < -0.4 is 10.0 Å². The summed E-state index contributed by atoms with van der Waals surface area (Å²) in [7, 11) is -3.61. The largest absolute Gasteiger partial charge is 0.356 e. The minimum atomic E-state index is -3.61. The number of hydrogen-bond donors (Lipinski definition) is 2. The van der Waals surface area contributed by atoms with E-state index in [1.54, 1.807) is 23.0 Å². The first kappa shape index (κ1) is 21.1. The van der Waals surface area contributed by atoms with Crippen molar-refractivity contribution in [3.05, 3.63) is 48.3 Å². The number of amides is 1. The molecule has 0 bridgehead atoms. The number of benzene rings is 1. The van der Waals surface area contributed by atoms with Gasteiger partial charge in [0.15, 0.2) is 0 Å². The van der Waals surface area contributed by atoms with Gasteiger partial charge >= 0.3 is 0 Å². The molecule has 8 heteroatoms. The van der Waals surface area contributed by atoms with Crippen LogP contribution in [0.4, 0.5) is 0 Å². The zero-order valence-corrected chi connectivity index (χ0v) is 16.9. The maximum absolute atomic E-state index is 12.3. The number of sulfonamides is 1. The standard InChI is InChI=1S/C19H28N4O3S/c1-19(2,3)16-6-8-17(9-7-16)27(25,26)22-13-10-18(24)20-11-4-14-23-15-5-12-21-23/h5-9,12,15,22H,4,10-11,13-14H2,1-3H3,(H,20,24). The Balaban J connectivity index is 1.72. The number of nitrogens with zero attached hydrogens (tertiary/aromatic N) is 2. The molecule has 1 heterocycles. The first-order valence-corrected chi connectivity index (χ1v) is 10.5. The fraction of sp³-hybridized carbons (Fsp3) is 0.474. The number of rotatable bonds is 9. The molecule has 1 aromatic carbocycles. The average Bonchev–Trinajstić information content (AvgIpc) is 3.11. The van der Waals surface area contributed by atoms with Crippen molar-refractivity contribution in [3.63, 3.8) is 0 Å². The highest BCUT2D eigenvalue weighted by molar-refractivity contribution is 7.89. The van der Waals surface area contributed by atoms with Crippen LogP contribution in [0, 0.1) is 0 Å². The summed E-state index contributed by atoms with van der Waals surface area (Å²) in [5.41, 5.74) is 1.03. The molecule has 0 atom stereocenters. The van der Waals surface area contributed by atoms with Crippen LogP contribution in [0.25, 0.3) is 0 Å². The number of carbonyl (C=O) groups excluding carboxylic acids is 1. The van der Waals surface area contributed by atoms with Crippen LogP contribution >= 0.6 is 0 Å². The normalized spacial score (nSPS) is 12.1. The van der Waals surface area contributed by atoms with E-state index in [9.17, 15) is 13.2 Å². The van der Waals surface area contributed by atoms with Crippen LogP contribution in [-0.2, 0) is 26.8 Å². The van der Waals surface area contributed by atoms with E-state index in [1.165, 1.54) is 0 Å². The van der Waals surface area contributed by atoms with Crippen LogP contribution in [0.5, 0.6) is 0 Å². The van der Waals surface area contributed by atoms with Gasteiger partial charge in [-0.25, -0.2) is 13.1 Å². The SMILES string of the molecule is CC(C)(C)c1ccc(S(=O)(=O)NCCC(=O)NCCCn2cccn2)cc1. The van der Waals surface area contributed by atoms with Gasteiger partial charge in [0.2, 0.25) is 15.9 Å². The second-order valence-electron chi connectivity index (χ2n) is 7.39. The van der Waals surface area contributed by atoms with E-state index in [0.29, 0.717) is 6.54 Å². The molecule has 7 nitrogen and oxygen atoms in total. The molecule has 2 N–H and O–H groups in total. The lowest BCUT2D eigenvalue weighted by Gasteiger charge is -2.19. The minimum Gasteiger partial charge on any atom is -0.356 e. The minimum absolute atomic E-state index is 0.0365. The van der Waals surface area contributed by atoms with E-state index in [2.05, 4.69) is 35.9 Å². The van der Waals surface area contributed by atoms with Crippen molar-refractivity contribution in [2.75, 3.05) is 13.1 Å². The van der Waals surface area contributed by atoms with Gasteiger partial charge in [0.1, 0.15) is 0 Å². The first-order valence-electron chi connectivity index (χ1n) is 9.03. The quantitative estimate of drug-likeness (QED) is 0.639. The third-order valence-electron chi connectivity index (χ3n) is 4.12. The smallest absolute Gasteiger partial charge is 0.240 e. The molecule has 148 valence electrons. The summed E-state index contributed by atoms with van der Waals surface area (Å²) in [5.74, 6) is -0.179. The van der Waals surface area contributed by atoms with Crippen LogP contribution in [0.3, 0.4) is 0 Å². The molecular formula is C19H28N4O3S. The molecule has 1 aromatic heterocycles. The highest BCUT2D eigenvalue weighted by Crippen LogP contribution is 2.23. The number of hydrogen-bond acceptors (Lipinski definition) is 4. The summed E-state index contributed by atoms with van der Waals surface area (Å²) in [6.07, 6.45) is 4.44. The van der Waals surface area contributed by atoms with Crippen LogP contribution in [0.2, 0.25) is 0 Å².